The molecule has 0 radical (unpaired) electrons. The summed E-state index contributed by atoms with van der Waals surface area (Å²) in [7, 11) is 0. The molecule has 3 aromatic carbocycles. The Morgan fingerprint density at radius 3 is 1.96 bits per heavy atom. The highest BCUT2D eigenvalue weighted by Gasteiger charge is 2.09. The SMILES string of the molecule is O=C(NCCc1ccccc1)c1ccc(C(=O)Nc2ccc(F)cc2)cc1. The quantitative estimate of drug-likeness (QED) is 0.695. The molecule has 0 aliphatic carbocycles. The van der Waals surface area contributed by atoms with Crippen LogP contribution >= 0.6 is 0 Å². The van der Waals surface area contributed by atoms with Gasteiger partial charge in [0.2, 0.25) is 0 Å². The Bertz CT molecular complexity index is 907. The van der Waals surface area contributed by atoms with Crippen molar-refractivity contribution in [2.45, 2.75) is 6.42 Å². The van der Waals surface area contributed by atoms with Crippen LogP contribution in [0.25, 0.3) is 0 Å². The van der Waals surface area contributed by atoms with Gasteiger partial charge >= 0.3 is 0 Å². The van der Waals surface area contributed by atoms with Crippen LogP contribution in [0, 0.1) is 5.82 Å². The maximum Gasteiger partial charge on any atom is 0.255 e. The average Bonchev–Trinajstić information content (AvgIpc) is 2.70. The van der Waals surface area contributed by atoms with Gasteiger partial charge in [-0.2, -0.15) is 0 Å². The van der Waals surface area contributed by atoms with Crippen LogP contribution in [0.4, 0.5) is 10.1 Å². The Hall–Kier alpha value is -3.47. The molecule has 0 fully saturated rings. The van der Waals surface area contributed by atoms with E-state index in [1.807, 2.05) is 30.3 Å². The van der Waals surface area contributed by atoms with Gasteiger partial charge in [0, 0.05) is 23.4 Å². The van der Waals surface area contributed by atoms with Crippen molar-refractivity contribution in [3.05, 3.63) is 101 Å². The van der Waals surface area contributed by atoms with Crippen LogP contribution in [0.3, 0.4) is 0 Å². The van der Waals surface area contributed by atoms with Gasteiger partial charge in [0.15, 0.2) is 0 Å². The minimum Gasteiger partial charge on any atom is -0.352 e. The smallest absolute Gasteiger partial charge is 0.255 e. The lowest BCUT2D eigenvalue weighted by molar-refractivity contribution is 0.0952. The van der Waals surface area contributed by atoms with Crippen LogP contribution in [0.1, 0.15) is 26.3 Å². The van der Waals surface area contributed by atoms with Crippen LogP contribution in [0.5, 0.6) is 0 Å². The van der Waals surface area contributed by atoms with E-state index in [2.05, 4.69) is 10.6 Å². The second-order valence-corrected chi connectivity index (χ2v) is 6.03. The highest BCUT2D eigenvalue weighted by atomic mass is 19.1. The van der Waals surface area contributed by atoms with E-state index >= 15 is 0 Å². The molecule has 2 amide bonds. The van der Waals surface area contributed by atoms with E-state index in [1.54, 1.807) is 24.3 Å². The highest BCUT2D eigenvalue weighted by molar-refractivity contribution is 6.05. The summed E-state index contributed by atoms with van der Waals surface area (Å²) in [5.74, 6) is -0.871. The van der Waals surface area contributed by atoms with Gasteiger partial charge < -0.3 is 10.6 Å². The van der Waals surface area contributed by atoms with Crippen LogP contribution in [0.15, 0.2) is 78.9 Å². The maximum atomic E-state index is 12.9. The molecule has 0 spiro atoms. The zero-order chi connectivity index (χ0) is 19.1. The second-order valence-electron chi connectivity index (χ2n) is 6.03. The maximum absolute atomic E-state index is 12.9. The molecule has 4 nitrogen and oxygen atoms in total. The number of hydrogen-bond acceptors (Lipinski definition) is 2. The fraction of sp³-hybridized carbons (Fsp3) is 0.0909. The summed E-state index contributed by atoms with van der Waals surface area (Å²) in [6, 6.07) is 21.8. The molecule has 136 valence electrons. The van der Waals surface area contributed by atoms with E-state index in [0.717, 1.165) is 12.0 Å². The summed E-state index contributed by atoms with van der Waals surface area (Å²) in [5, 5.41) is 5.55. The molecule has 3 aromatic rings. The van der Waals surface area contributed by atoms with E-state index in [0.29, 0.717) is 23.4 Å². The number of carbonyl (C=O) groups excluding carboxylic acids is 2. The Labute approximate surface area is 157 Å². The van der Waals surface area contributed by atoms with Crippen LogP contribution in [0.2, 0.25) is 0 Å². The van der Waals surface area contributed by atoms with Crippen molar-refractivity contribution in [3.63, 3.8) is 0 Å². The normalized spacial score (nSPS) is 10.3. The molecular formula is C22H19FN2O2. The minimum absolute atomic E-state index is 0.184. The van der Waals surface area contributed by atoms with E-state index in [1.165, 1.54) is 24.3 Å². The summed E-state index contributed by atoms with van der Waals surface area (Å²) in [4.78, 5) is 24.4. The van der Waals surface area contributed by atoms with Gasteiger partial charge in [0.1, 0.15) is 5.82 Å². The summed E-state index contributed by atoms with van der Waals surface area (Å²) in [6.07, 6.45) is 0.755. The van der Waals surface area contributed by atoms with Gasteiger partial charge in [0.25, 0.3) is 11.8 Å². The molecule has 27 heavy (non-hydrogen) atoms. The number of carbonyl (C=O) groups is 2. The van der Waals surface area contributed by atoms with Crippen molar-refractivity contribution >= 4 is 17.5 Å². The zero-order valence-electron chi connectivity index (χ0n) is 14.6. The van der Waals surface area contributed by atoms with Crippen LogP contribution in [-0.4, -0.2) is 18.4 Å². The van der Waals surface area contributed by atoms with Crippen molar-refractivity contribution in [2.24, 2.45) is 0 Å². The largest absolute Gasteiger partial charge is 0.352 e. The molecule has 0 aromatic heterocycles. The molecule has 0 bridgehead atoms. The predicted molar refractivity (Wildman–Crippen MR) is 103 cm³/mol. The van der Waals surface area contributed by atoms with Crippen molar-refractivity contribution < 1.29 is 14.0 Å². The number of hydrogen-bond donors (Lipinski definition) is 2. The van der Waals surface area contributed by atoms with Crippen molar-refractivity contribution in [1.29, 1.82) is 0 Å². The van der Waals surface area contributed by atoms with Gasteiger partial charge in [0.05, 0.1) is 0 Å². The Balaban J connectivity index is 1.53. The molecule has 0 atom stereocenters. The summed E-state index contributed by atoms with van der Waals surface area (Å²) in [6.45, 7) is 0.537. The van der Waals surface area contributed by atoms with E-state index in [9.17, 15) is 14.0 Å². The Morgan fingerprint density at radius 1 is 0.741 bits per heavy atom. The summed E-state index contributed by atoms with van der Waals surface area (Å²) in [5.41, 5.74) is 2.57. The highest BCUT2D eigenvalue weighted by Crippen LogP contribution is 2.11. The van der Waals surface area contributed by atoms with Gasteiger partial charge in [-0.15, -0.1) is 0 Å². The third-order valence-corrected chi connectivity index (χ3v) is 4.05. The number of halogens is 1. The van der Waals surface area contributed by atoms with Crippen molar-refractivity contribution in [3.8, 4) is 0 Å². The Morgan fingerprint density at radius 2 is 1.33 bits per heavy atom. The summed E-state index contributed by atoms with van der Waals surface area (Å²) < 4.78 is 12.9. The number of benzene rings is 3. The topological polar surface area (TPSA) is 58.2 Å². The number of nitrogens with one attached hydrogen (secondary N) is 2. The fourth-order valence-corrected chi connectivity index (χ4v) is 2.58. The molecule has 0 unspecified atom stereocenters. The zero-order valence-corrected chi connectivity index (χ0v) is 14.6. The lowest BCUT2D eigenvalue weighted by Gasteiger charge is -2.07. The number of rotatable bonds is 6. The van der Waals surface area contributed by atoms with Crippen LogP contribution < -0.4 is 10.6 Å². The van der Waals surface area contributed by atoms with Gasteiger partial charge in [-0.3, -0.25) is 9.59 Å². The molecule has 3 rings (SSSR count). The third kappa shape index (κ3) is 5.25. The van der Waals surface area contributed by atoms with Gasteiger partial charge in [-0.05, 0) is 60.5 Å². The molecule has 0 saturated heterocycles. The minimum atomic E-state index is -0.365. The predicted octanol–water partition coefficient (Wildman–Crippen LogP) is 4.05. The van der Waals surface area contributed by atoms with Crippen molar-refractivity contribution in [1.82, 2.24) is 5.32 Å². The molecule has 0 aliphatic rings. The van der Waals surface area contributed by atoms with E-state index in [4.69, 9.17) is 0 Å². The van der Waals surface area contributed by atoms with E-state index < -0.39 is 0 Å². The van der Waals surface area contributed by atoms with E-state index in [-0.39, 0.29) is 17.6 Å². The molecule has 2 N–H and O–H groups in total. The lowest BCUT2D eigenvalue weighted by atomic mass is 10.1. The standard InChI is InChI=1S/C22H19FN2O2/c23-19-10-12-20(13-11-19)25-22(27)18-8-6-17(7-9-18)21(26)24-15-14-16-4-2-1-3-5-16/h1-13H,14-15H2,(H,24,26)(H,25,27). The first kappa shape index (κ1) is 18.3. The number of anilines is 1. The van der Waals surface area contributed by atoms with Gasteiger partial charge in [-0.1, -0.05) is 30.3 Å². The first-order chi connectivity index (χ1) is 13.1. The number of amides is 2. The molecule has 0 aliphatic heterocycles. The molecule has 5 heteroatoms. The lowest BCUT2D eigenvalue weighted by Crippen LogP contribution is -2.25. The van der Waals surface area contributed by atoms with Crippen molar-refractivity contribution in [2.75, 3.05) is 11.9 Å². The van der Waals surface area contributed by atoms with Gasteiger partial charge in [-0.25, -0.2) is 4.39 Å². The third-order valence-electron chi connectivity index (χ3n) is 4.05. The average molecular weight is 362 g/mol. The van der Waals surface area contributed by atoms with Crippen LogP contribution in [-0.2, 0) is 6.42 Å². The first-order valence-corrected chi connectivity index (χ1v) is 8.61. The molecule has 0 saturated carbocycles. The fourth-order valence-electron chi connectivity index (χ4n) is 2.58. The Kier molecular flexibility index (Phi) is 5.94. The molecular weight excluding hydrogens is 343 g/mol. The monoisotopic (exact) mass is 362 g/mol. The second kappa shape index (κ2) is 8.76. The molecule has 0 heterocycles. The summed E-state index contributed by atoms with van der Waals surface area (Å²) >= 11 is 0. The first-order valence-electron chi connectivity index (χ1n) is 8.61.